The van der Waals surface area contributed by atoms with E-state index >= 15 is 0 Å². The Morgan fingerprint density at radius 1 is 1.42 bits per heavy atom. The van der Waals surface area contributed by atoms with Crippen LogP contribution in [0.1, 0.15) is 30.9 Å². The highest BCUT2D eigenvalue weighted by molar-refractivity contribution is 7.99. The van der Waals surface area contributed by atoms with Gasteiger partial charge in [0.25, 0.3) is 0 Å². The molecule has 1 aliphatic rings. The lowest BCUT2D eigenvalue weighted by Gasteiger charge is -2.26. The Morgan fingerprint density at radius 3 is 2.95 bits per heavy atom. The molecule has 0 fully saturated rings. The molecule has 0 saturated heterocycles. The van der Waals surface area contributed by atoms with Crippen molar-refractivity contribution in [3.63, 3.8) is 0 Å². The largest absolute Gasteiger partial charge is 0.481 e. The van der Waals surface area contributed by atoms with Gasteiger partial charge >= 0.3 is 5.97 Å². The molecule has 0 spiro atoms. The van der Waals surface area contributed by atoms with Crippen LogP contribution >= 0.6 is 11.8 Å². The van der Waals surface area contributed by atoms with Crippen LogP contribution in [0.2, 0.25) is 0 Å². The number of carboxylic acid groups (broad SMARTS) is 1. The Morgan fingerprint density at radius 2 is 2.21 bits per heavy atom. The minimum absolute atomic E-state index is 0.0520. The summed E-state index contributed by atoms with van der Waals surface area (Å²) in [5, 5.41) is 11.3. The summed E-state index contributed by atoms with van der Waals surface area (Å²) in [5.41, 5.74) is 0.778. The van der Waals surface area contributed by atoms with Crippen LogP contribution in [-0.2, 0) is 9.59 Å². The molecule has 1 atom stereocenters. The van der Waals surface area contributed by atoms with Crippen molar-refractivity contribution in [3.05, 3.63) is 29.6 Å². The molecule has 0 aromatic heterocycles. The molecule has 1 aromatic rings. The summed E-state index contributed by atoms with van der Waals surface area (Å²) in [5.74, 6) is -0.847. The van der Waals surface area contributed by atoms with E-state index in [-0.39, 0.29) is 30.6 Å². The molecule has 4 nitrogen and oxygen atoms in total. The Balaban J connectivity index is 2.05. The number of rotatable bonds is 4. The summed E-state index contributed by atoms with van der Waals surface area (Å²) < 4.78 is 13.6. The van der Waals surface area contributed by atoms with Crippen molar-refractivity contribution in [1.82, 2.24) is 5.32 Å². The Labute approximate surface area is 114 Å². The van der Waals surface area contributed by atoms with Crippen LogP contribution in [0, 0.1) is 5.82 Å². The van der Waals surface area contributed by atoms with E-state index in [1.807, 2.05) is 0 Å². The highest BCUT2D eigenvalue weighted by Crippen LogP contribution is 2.37. The standard InChI is InChI=1S/C13H14FNO3S/c14-9-3-1-2-8-10(6-7-19-13(8)9)15-11(16)4-5-12(17)18/h1-3,10H,4-7H2,(H,15,16)(H,17,18). The quantitative estimate of drug-likeness (QED) is 0.890. The number of fused-ring (bicyclic) bond motifs is 1. The molecule has 1 unspecified atom stereocenters. The molecular formula is C13H14FNO3S. The summed E-state index contributed by atoms with van der Waals surface area (Å²) in [7, 11) is 0. The van der Waals surface area contributed by atoms with Crippen molar-refractivity contribution in [2.45, 2.75) is 30.2 Å². The lowest BCUT2D eigenvalue weighted by atomic mass is 10.0. The van der Waals surface area contributed by atoms with Crippen LogP contribution in [0.3, 0.4) is 0 Å². The number of amides is 1. The van der Waals surface area contributed by atoms with Crippen molar-refractivity contribution in [3.8, 4) is 0 Å². The van der Waals surface area contributed by atoms with Gasteiger partial charge in [-0.2, -0.15) is 0 Å². The molecule has 1 amide bonds. The Hall–Kier alpha value is -1.56. The minimum Gasteiger partial charge on any atom is -0.481 e. The number of aliphatic carboxylic acids is 1. The fraction of sp³-hybridized carbons (Fsp3) is 0.385. The normalized spacial score (nSPS) is 17.6. The van der Waals surface area contributed by atoms with Crippen LogP contribution in [0.4, 0.5) is 4.39 Å². The van der Waals surface area contributed by atoms with Gasteiger partial charge in [0.2, 0.25) is 5.91 Å². The number of benzene rings is 1. The van der Waals surface area contributed by atoms with Crippen LogP contribution in [0.25, 0.3) is 0 Å². The second-order valence-electron chi connectivity index (χ2n) is 4.31. The third-order valence-electron chi connectivity index (χ3n) is 2.93. The van der Waals surface area contributed by atoms with Crippen molar-refractivity contribution in [2.75, 3.05) is 5.75 Å². The number of carbonyl (C=O) groups is 2. The first-order valence-electron chi connectivity index (χ1n) is 6.00. The molecule has 1 aliphatic heterocycles. The Bertz CT molecular complexity index is 507. The van der Waals surface area contributed by atoms with Gasteiger partial charge < -0.3 is 10.4 Å². The Kier molecular flexibility index (Phi) is 4.42. The molecule has 0 radical (unpaired) electrons. The monoisotopic (exact) mass is 283 g/mol. The molecule has 2 rings (SSSR count). The van der Waals surface area contributed by atoms with Crippen LogP contribution < -0.4 is 5.32 Å². The van der Waals surface area contributed by atoms with Crippen molar-refractivity contribution >= 4 is 23.6 Å². The van der Waals surface area contributed by atoms with E-state index in [4.69, 9.17) is 5.11 Å². The third kappa shape index (κ3) is 3.47. The second-order valence-corrected chi connectivity index (χ2v) is 5.41. The maximum absolute atomic E-state index is 13.6. The van der Waals surface area contributed by atoms with E-state index in [0.717, 1.165) is 17.7 Å². The molecule has 0 bridgehead atoms. The molecule has 1 heterocycles. The van der Waals surface area contributed by atoms with Gasteiger partial charge in [-0.1, -0.05) is 12.1 Å². The average Bonchev–Trinajstić information content (AvgIpc) is 2.38. The molecule has 2 N–H and O–H groups in total. The van der Waals surface area contributed by atoms with Gasteiger partial charge in [0, 0.05) is 17.1 Å². The number of carboxylic acids is 1. The first kappa shape index (κ1) is 13.9. The predicted molar refractivity (Wildman–Crippen MR) is 69.5 cm³/mol. The molecule has 19 heavy (non-hydrogen) atoms. The van der Waals surface area contributed by atoms with Crippen LogP contribution in [0.15, 0.2) is 23.1 Å². The van der Waals surface area contributed by atoms with Crippen molar-refractivity contribution < 1.29 is 19.1 Å². The van der Waals surface area contributed by atoms with E-state index < -0.39 is 5.97 Å². The van der Waals surface area contributed by atoms with E-state index in [1.165, 1.54) is 17.8 Å². The van der Waals surface area contributed by atoms with Gasteiger partial charge in [-0.15, -0.1) is 11.8 Å². The summed E-state index contributed by atoms with van der Waals surface area (Å²) in [6.07, 6.45) is 0.479. The van der Waals surface area contributed by atoms with Crippen molar-refractivity contribution in [2.24, 2.45) is 0 Å². The van der Waals surface area contributed by atoms with E-state index in [9.17, 15) is 14.0 Å². The predicted octanol–water partition coefficient (Wildman–Crippen LogP) is 2.34. The molecule has 6 heteroatoms. The topological polar surface area (TPSA) is 66.4 Å². The third-order valence-corrected chi connectivity index (χ3v) is 4.09. The highest BCUT2D eigenvalue weighted by atomic mass is 32.2. The SMILES string of the molecule is O=C(O)CCC(=O)NC1CCSc2c(F)cccc21. The van der Waals surface area contributed by atoms with E-state index in [2.05, 4.69) is 5.32 Å². The lowest BCUT2D eigenvalue weighted by molar-refractivity contribution is -0.138. The average molecular weight is 283 g/mol. The van der Waals surface area contributed by atoms with E-state index in [0.29, 0.717) is 4.90 Å². The van der Waals surface area contributed by atoms with Gasteiger partial charge in [0.05, 0.1) is 12.5 Å². The first-order valence-corrected chi connectivity index (χ1v) is 6.99. The molecule has 0 aliphatic carbocycles. The molecular weight excluding hydrogens is 269 g/mol. The van der Waals surface area contributed by atoms with Gasteiger partial charge in [-0.3, -0.25) is 9.59 Å². The van der Waals surface area contributed by atoms with Gasteiger partial charge in [0.1, 0.15) is 5.82 Å². The fourth-order valence-electron chi connectivity index (χ4n) is 2.02. The van der Waals surface area contributed by atoms with Gasteiger partial charge in [-0.05, 0) is 18.1 Å². The minimum atomic E-state index is -0.999. The zero-order chi connectivity index (χ0) is 13.8. The summed E-state index contributed by atoms with van der Waals surface area (Å²) in [4.78, 5) is 22.6. The number of nitrogens with one attached hydrogen (secondary N) is 1. The number of hydrogen-bond donors (Lipinski definition) is 2. The molecule has 102 valence electrons. The van der Waals surface area contributed by atoms with Crippen molar-refractivity contribution in [1.29, 1.82) is 0 Å². The highest BCUT2D eigenvalue weighted by Gasteiger charge is 2.24. The molecule has 1 aromatic carbocycles. The zero-order valence-electron chi connectivity index (χ0n) is 10.2. The molecule has 0 saturated carbocycles. The number of carbonyl (C=O) groups excluding carboxylic acids is 1. The second kappa shape index (κ2) is 6.06. The maximum atomic E-state index is 13.6. The summed E-state index contributed by atoms with van der Waals surface area (Å²) in [6, 6.07) is 4.59. The van der Waals surface area contributed by atoms with Crippen LogP contribution in [0.5, 0.6) is 0 Å². The summed E-state index contributed by atoms with van der Waals surface area (Å²) >= 11 is 1.44. The van der Waals surface area contributed by atoms with Gasteiger partial charge in [-0.25, -0.2) is 4.39 Å². The van der Waals surface area contributed by atoms with Gasteiger partial charge in [0.15, 0.2) is 0 Å². The summed E-state index contributed by atoms with van der Waals surface area (Å²) in [6.45, 7) is 0. The maximum Gasteiger partial charge on any atom is 0.303 e. The number of halogens is 1. The number of hydrogen-bond acceptors (Lipinski definition) is 3. The van der Waals surface area contributed by atoms with E-state index in [1.54, 1.807) is 12.1 Å². The first-order chi connectivity index (χ1) is 9.08. The smallest absolute Gasteiger partial charge is 0.303 e. The lowest BCUT2D eigenvalue weighted by Crippen LogP contribution is -2.31. The van der Waals surface area contributed by atoms with Crippen LogP contribution in [-0.4, -0.2) is 22.7 Å². The zero-order valence-corrected chi connectivity index (χ0v) is 11.0. The fourth-order valence-corrected chi connectivity index (χ4v) is 3.16. The number of thioether (sulfide) groups is 1.